The summed E-state index contributed by atoms with van der Waals surface area (Å²) in [5.74, 6) is -3.24. The summed E-state index contributed by atoms with van der Waals surface area (Å²) < 4.78 is 51.2. The molecule has 44 heavy (non-hydrogen) atoms. The molecule has 3 fully saturated rings. The Bertz CT molecular complexity index is 1620. The second kappa shape index (κ2) is 11.4. The molecule has 5 rings (SSSR count). The van der Waals surface area contributed by atoms with Crippen molar-refractivity contribution in [3.8, 4) is 11.6 Å². The van der Waals surface area contributed by atoms with Gasteiger partial charge in [-0.2, -0.15) is 0 Å². The first-order chi connectivity index (χ1) is 20.6. The third-order valence-electron chi connectivity index (χ3n) is 9.30. The number of ether oxygens (including phenoxy) is 2. The number of Topliss-reactive ketones (excluding diaryl/α,β-unsaturated/α-hetero) is 1. The van der Waals surface area contributed by atoms with Crippen molar-refractivity contribution in [2.24, 2.45) is 17.3 Å². The molecule has 2 heterocycles. The highest BCUT2D eigenvalue weighted by Gasteiger charge is 2.61. The van der Waals surface area contributed by atoms with E-state index in [1.807, 2.05) is 20.8 Å². The maximum absolute atomic E-state index is 14.6. The summed E-state index contributed by atoms with van der Waals surface area (Å²) in [4.78, 5) is 46.8. The number of benzene rings is 1. The number of amides is 2. The number of carbonyl (C=O) groups is 3. The van der Waals surface area contributed by atoms with Crippen molar-refractivity contribution in [2.75, 3.05) is 19.4 Å². The number of hydrogen-bond donors (Lipinski definition) is 1. The van der Waals surface area contributed by atoms with E-state index in [1.54, 1.807) is 19.1 Å². The number of likely N-dealkylation sites (tertiary alicyclic amines) is 1. The van der Waals surface area contributed by atoms with E-state index in [2.05, 4.69) is 16.9 Å². The van der Waals surface area contributed by atoms with Crippen LogP contribution >= 0.6 is 0 Å². The standard InChI is InChI=1S/C32H40FN3O7S/c1-7-20-15-32(20,27(37)17-44(40,41)22-8-9-22)35-28(38)25-13-21(16-36(25)30(39)18(2)31(3,4)5)43-29-23-14-24(33)26(42-6)12-19(23)10-11-34-29/h7,10-12,14,18,20-22,25H,1,8-9,13,15-17H2,2-6H3,(H,35,38)/t18-,20-,21-,25+,32-/m1/s1. The number of aromatic nitrogens is 1. The minimum atomic E-state index is -3.60. The quantitative estimate of drug-likeness (QED) is 0.373. The topological polar surface area (TPSA) is 132 Å². The molecule has 12 heteroatoms. The average Bonchev–Trinajstić information content (AvgIpc) is 3.88. The van der Waals surface area contributed by atoms with Gasteiger partial charge in [0.1, 0.15) is 23.4 Å². The second-order valence-corrected chi connectivity index (χ2v) is 15.6. The molecule has 2 amide bonds. The molecular formula is C32H40FN3O7S. The van der Waals surface area contributed by atoms with Crippen LogP contribution in [0.4, 0.5) is 4.39 Å². The molecule has 1 aromatic heterocycles. The summed E-state index contributed by atoms with van der Waals surface area (Å²) in [7, 11) is -2.22. The van der Waals surface area contributed by atoms with Gasteiger partial charge in [-0.25, -0.2) is 17.8 Å². The fourth-order valence-corrected chi connectivity index (χ4v) is 7.53. The van der Waals surface area contributed by atoms with Crippen LogP contribution in [0.5, 0.6) is 11.6 Å². The lowest BCUT2D eigenvalue weighted by Crippen LogP contribution is -2.55. The number of rotatable bonds is 11. The Balaban J connectivity index is 1.41. The third kappa shape index (κ3) is 6.05. The van der Waals surface area contributed by atoms with E-state index in [0.29, 0.717) is 23.6 Å². The molecule has 2 aromatic rings. The maximum Gasteiger partial charge on any atom is 0.243 e. The Hall–Kier alpha value is -3.54. The predicted molar refractivity (Wildman–Crippen MR) is 162 cm³/mol. The van der Waals surface area contributed by atoms with Gasteiger partial charge in [-0.05, 0) is 48.3 Å². The molecule has 2 aliphatic carbocycles. The van der Waals surface area contributed by atoms with Gasteiger partial charge in [-0.15, -0.1) is 6.58 Å². The first-order valence-electron chi connectivity index (χ1n) is 14.9. The van der Waals surface area contributed by atoms with Crippen molar-refractivity contribution in [3.05, 3.63) is 42.9 Å². The number of ketones is 1. The zero-order chi connectivity index (χ0) is 32.2. The van der Waals surface area contributed by atoms with Crippen molar-refractivity contribution in [1.29, 1.82) is 0 Å². The van der Waals surface area contributed by atoms with Gasteiger partial charge in [0, 0.05) is 29.8 Å². The van der Waals surface area contributed by atoms with Gasteiger partial charge in [-0.3, -0.25) is 14.4 Å². The fourth-order valence-electron chi connectivity index (χ4n) is 5.82. The summed E-state index contributed by atoms with van der Waals surface area (Å²) in [6.45, 7) is 11.4. The summed E-state index contributed by atoms with van der Waals surface area (Å²) in [5.41, 5.74) is -1.78. The first kappa shape index (κ1) is 31.9. The number of fused-ring (bicyclic) bond motifs is 1. The minimum Gasteiger partial charge on any atom is -0.494 e. The van der Waals surface area contributed by atoms with Crippen LogP contribution in [0.3, 0.4) is 0 Å². The van der Waals surface area contributed by atoms with Crippen molar-refractivity contribution in [2.45, 2.75) is 76.3 Å². The molecule has 0 unspecified atom stereocenters. The Morgan fingerprint density at radius 1 is 1.27 bits per heavy atom. The second-order valence-electron chi connectivity index (χ2n) is 13.3. The normalized spacial score (nSPS) is 25.8. The van der Waals surface area contributed by atoms with Gasteiger partial charge >= 0.3 is 0 Å². The highest BCUT2D eigenvalue weighted by Crippen LogP contribution is 2.46. The van der Waals surface area contributed by atoms with Gasteiger partial charge in [0.2, 0.25) is 17.7 Å². The Labute approximate surface area is 257 Å². The van der Waals surface area contributed by atoms with Crippen LogP contribution in [0.25, 0.3) is 10.8 Å². The predicted octanol–water partition coefficient (Wildman–Crippen LogP) is 3.62. The Morgan fingerprint density at radius 3 is 2.57 bits per heavy atom. The molecule has 10 nitrogen and oxygen atoms in total. The molecule has 1 aliphatic heterocycles. The van der Waals surface area contributed by atoms with Crippen molar-refractivity contribution in [3.63, 3.8) is 0 Å². The summed E-state index contributed by atoms with van der Waals surface area (Å²) in [5, 5.41) is 3.38. The number of sulfone groups is 1. The highest BCUT2D eigenvalue weighted by atomic mass is 32.2. The van der Waals surface area contributed by atoms with Crippen molar-refractivity contribution < 1.29 is 36.7 Å². The Morgan fingerprint density at radius 2 is 1.98 bits per heavy atom. The van der Waals surface area contributed by atoms with E-state index >= 15 is 0 Å². The van der Waals surface area contributed by atoms with Crippen LogP contribution < -0.4 is 14.8 Å². The zero-order valence-electron chi connectivity index (χ0n) is 25.8. The van der Waals surface area contributed by atoms with Gasteiger partial charge in [0.15, 0.2) is 27.2 Å². The van der Waals surface area contributed by atoms with Gasteiger partial charge in [-0.1, -0.05) is 33.8 Å². The molecule has 0 radical (unpaired) electrons. The zero-order valence-corrected chi connectivity index (χ0v) is 26.6. The SMILES string of the molecule is C=C[C@@H]1C[C@]1(NC(=O)[C@@H]1C[C@@H](Oc2nccc3cc(OC)c(F)cc23)CN1C(=O)[C@@H](C)C(C)(C)C)C(=O)CS(=O)(=O)C1CC1. The third-order valence-corrected chi connectivity index (χ3v) is 11.5. The monoisotopic (exact) mass is 629 g/mol. The lowest BCUT2D eigenvalue weighted by molar-refractivity contribution is -0.144. The van der Waals surface area contributed by atoms with E-state index in [0.717, 1.165) is 0 Å². The molecule has 2 saturated carbocycles. The van der Waals surface area contributed by atoms with Crippen LogP contribution in [0, 0.1) is 23.1 Å². The van der Waals surface area contributed by atoms with E-state index in [1.165, 1.54) is 30.3 Å². The molecule has 5 atom stereocenters. The smallest absolute Gasteiger partial charge is 0.243 e. The van der Waals surface area contributed by atoms with Crippen LogP contribution in [0.1, 0.15) is 53.4 Å². The van der Waals surface area contributed by atoms with Gasteiger partial charge in [0.05, 0.1) is 18.9 Å². The number of methoxy groups -OCH3 is 1. The molecule has 1 saturated heterocycles. The van der Waals surface area contributed by atoms with Crippen LogP contribution in [0.2, 0.25) is 0 Å². The number of nitrogens with zero attached hydrogens (tertiary/aromatic N) is 2. The van der Waals surface area contributed by atoms with Crippen LogP contribution in [-0.2, 0) is 24.2 Å². The maximum atomic E-state index is 14.6. The fraction of sp³-hybridized carbons (Fsp3) is 0.562. The number of halogens is 1. The largest absolute Gasteiger partial charge is 0.494 e. The van der Waals surface area contributed by atoms with E-state index in [4.69, 9.17) is 9.47 Å². The molecule has 238 valence electrons. The minimum absolute atomic E-state index is 0.0654. The summed E-state index contributed by atoms with van der Waals surface area (Å²) in [6.07, 6.45) is 3.82. The number of pyridine rings is 1. The lowest BCUT2D eigenvalue weighted by atomic mass is 9.81. The van der Waals surface area contributed by atoms with E-state index in [9.17, 15) is 27.2 Å². The first-order valence-corrected chi connectivity index (χ1v) is 16.6. The Kier molecular flexibility index (Phi) is 8.28. The number of nitrogens with one attached hydrogen (secondary N) is 1. The molecule has 1 aromatic carbocycles. The molecule has 0 spiro atoms. The van der Waals surface area contributed by atoms with Crippen molar-refractivity contribution >= 4 is 38.2 Å². The highest BCUT2D eigenvalue weighted by molar-refractivity contribution is 7.93. The lowest BCUT2D eigenvalue weighted by Gasteiger charge is -2.33. The average molecular weight is 630 g/mol. The molecule has 1 N–H and O–H groups in total. The molecule has 0 bridgehead atoms. The van der Waals surface area contributed by atoms with Gasteiger partial charge in [0.25, 0.3) is 0 Å². The van der Waals surface area contributed by atoms with Crippen LogP contribution in [0.15, 0.2) is 37.1 Å². The van der Waals surface area contributed by atoms with Crippen molar-refractivity contribution in [1.82, 2.24) is 15.2 Å². The molecule has 3 aliphatic rings. The molecular weight excluding hydrogens is 589 g/mol. The summed E-state index contributed by atoms with van der Waals surface area (Å²) in [6, 6.07) is 3.52. The van der Waals surface area contributed by atoms with Crippen LogP contribution in [-0.4, -0.2) is 78.2 Å². The van der Waals surface area contributed by atoms with E-state index in [-0.39, 0.29) is 36.9 Å². The summed E-state index contributed by atoms with van der Waals surface area (Å²) >= 11 is 0. The van der Waals surface area contributed by atoms with Gasteiger partial charge < -0.3 is 19.7 Å². The number of carbonyl (C=O) groups excluding carboxylic acids is 3. The van der Waals surface area contributed by atoms with E-state index < -0.39 is 73.3 Å². The number of hydrogen-bond acceptors (Lipinski definition) is 8.